The van der Waals surface area contributed by atoms with Crippen molar-refractivity contribution in [2.24, 2.45) is 0 Å². The molecule has 0 saturated carbocycles. The van der Waals surface area contributed by atoms with Crippen LogP contribution in [0.2, 0.25) is 0 Å². The Bertz CT molecular complexity index is 677. The van der Waals surface area contributed by atoms with Crippen molar-refractivity contribution in [1.82, 2.24) is 4.90 Å². The Balaban J connectivity index is 0.00000261. The molecule has 0 aliphatic heterocycles. The molecule has 0 saturated heterocycles. The summed E-state index contributed by atoms with van der Waals surface area (Å²) in [6.45, 7) is 7.86. The highest BCUT2D eigenvalue weighted by atomic mass is 79.9. The Kier molecular flexibility index (Phi) is 8.70. The summed E-state index contributed by atoms with van der Waals surface area (Å²) >= 11 is 0. The second-order valence-electron chi connectivity index (χ2n) is 6.57. The lowest BCUT2D eigenvalue weighted by molar-refractivity contribution is -0.00000525. The standard InChI is InChI=1S/C24H29NP.BrH/c1-3-25(4-2)20-21-26(22-14-8-5-9-15-22,23-16-10-6-11-17-23)24-18-12-7-13-19-24;/h5-19H,3-4,20-21H2,1-2H3;1H/q+1;/p-1. The van der Waals surface area contributed by atoms with Gasteiger partial charge in [-0.05, 0) is 49.5 Å². The predicted octanol–water partition coefficient (Wildman–Crippen LogP) is 1.33. The molecular formula is C24H29BrNP. The second-order valence-corrected chi connectivity index (χ2v) is 10.2. The molecule has 0 spiro atoms. The van der Waals surface area contributed by atoms with Crippen LogP contribution >= 0.6 is 7.26 Å². The van der Waals surface area contributed by atoms with Gasteiger partial charge in [-0.25, -0.2) is 0 Å². The fraction of sp³-hybridized carbons (Fsp3) is 0.250. The minimum atomic E-state index is -1.68. The lowest BCUT2D eigenvalue weighted by atomic mass is 10.4. The maximum Gasteiger partial charge on any atom is 0.113 e. The van der Waals surface area contributed by atoms with Gasteiger partial charge in [-0.1, -0.05) is 68.4 Å². The summed E-state index contributed by atoms with van der Waals surface area (Å²) in [7, 11) is -1.68. The summed E-state index contributed by atoms with van der Waals surface area (Å²) in [4.78, 5) is 2.55. The first kappa shape index (κ1) is 21.8. The van der Waals surface area contributed by atoms with Crippen molar-refractivity contribution < 1.29 is 17.0 Å². The Morgan fingerprint density at radius 1 is 0.593 bits per heavy atom. The molecule has 142 valence electrons. The van der Waals surface area contributed by atoms with Crippen molar-refractivity contribution in [3.05, 3.63) is 91.0 Å². The average Bonchev–Trinajstić information content (AvgIpc) is 2.74. The maximum absolute atomic E-state index is 2.55. The Morgan fingerprint density at radius 2 is 0.926 bits per heavy atom. The minimum absolute atomic E-state index is 0. The molecule has 0 radical (unpaired) electrons. The number of hydrogen-bond acceptors (Lipinski definition) is 1. The summed E-state index contributed by atoms with van der Waals surface area (Å²) in [5, 5.41) is 4.43. The summed E-state index contributed by atoms with van der Waals surface area (Å²) in [6, 6.07) is 33.5. The summed E-state index contributed by atoms with van der Waals surface area (Å²) < 4.78 is 0. The molecule has 1 nitrogen and oxygen atoms in total. The van der Waals surface area contributed by atoms with Crippen molar-refractivity contribution in [2.45, 2.75) is 13.8 Å². The van der Waals surface area contributed by atoms with E-state index >= 15 is 0 Å². The largest absolute Gasteiger partial charge is 1.00 e. The molecule has 0 atom stereocenters. The molecule has 0 aromatic heterocycles. The van der Waals surface area contributed by atoms with Crippen molar-refractivity contribution in [3.63, 3.8) is 0 Å². The van der Waals surface area contributed by atoms with Gasteiger partial charge in [-0.15, -0.1) is 0 Å². The van der Waals surface area contributed by atoms with Gasteiger partial charge in [-0.3, -0.25) is 0 Å². The summed E-state index contributed by atoms with van der Waals surface area (Å²) in [5.74, 6) is 0. The number of hydrogen-bond donors (Lipinski definition) is 0. The third-order valence-corrected chi connectivity index (χ3v) is 9.65. The van der Waals surface area contributed by atoms with E-state index in [1.165, 1.54) is 22.1 Å². The molecule has 3 aromatic carbocycles. The molecule has 0 aliphatic rings. The molecule has 3 rings (SSSR count). The van der Waals surface area contributed by atoms with Crippen LogP contribution in [0.5, 0.6) is 0 Å². The van der Waals surface area contributed by atoms with Gasteiger partial charge < -0.3 is 21.9 Å². The Labute approximate surface area is 175 Å². The molecule has 0 unspecified atom stereocenters. The zero-order valence-corrected chi connectivity index (χ0v) is 18.7. The highest BCUT2D eigenvalue weighted by Gasteiger charge is 2.44. The van der Waals surface area contributed by atoms with E-state index in [0.29, 0.717) is 0 Å². The van der Waals surface area contributed by atoms with Crippen LogP contribution in [0.4, 0.5) is 0 Å². The molecule has 3 heteroatoms. The van der Waals surface area contributed by atoms with Gasteiger partial charge in [-0.2, -0.15) is 0 Å². The average molecular weight is 442 g/mol. The van der Waals surface area contributed by atoms with E-state index in [-0.39, 0.29) is 17.0 Å². The van der Waals surface area contributed by atoms with Crippen molar-refractivity contribution in [1.29, 1.82) is 0 Å². The van der Waals surface area contributed by atoms with Gasteiger partial charge in [0.2, 0.25) is 0 Å². The molecule has 0 bridgehead atoms. The zero-order valence-electron chi connectivity index (χ0n) is 16.3. The molecule has 3 aromatic rings. The molecule has 27 heavy (non-hydrogen) atoms. The fourth-order valence-corrected chi connectivity index (χ4v) is 8.01. The monoisotopic (exact) mass is 441 g/mol. The molecular weight excluding hydrogens is 413 g/mol. The topological polar surface area (TPSA) is 3.24 Å². The van der Waals surface area contributed by atoms with Crippen molar-refractivity contribution >= 4 is 23.2 Å². The van der Waals surface area contributed by atoms with E-state index in [9.17, 15) is 0 Å². The zero-order chi connectivity index (χ0) is 18.2. The lowest BCUT2D eigenvalue weighted by Crippen LogP contribution is -3.00. The van der Waals surface area contributed by atoms with Gasteiger partial charge in [0.25, 0.3) is 0 Å². The van der Waals surface area contributed by atoms with Gasteiger partial charge in [0.1, 0.15) is 23.2 Å². The fourth-order valence-electron chi connectivity index (χ4n) is 3.71. The second kappa shape index (κ2) is 10.8. The van der Waals surface area contributed by atoms with Gasteiger partial charge in [0.15, 0.2) is 0 Å². The summed E-state index contributed by atoms with van der Waals surface area (Å²) in [5.41, 5.74) is 0. The number of nitrogens with zero attached hydrogens (tertiary/aromatic N) is 1. The smallest absolute Gasteiger partial charge is 0.113 e. The minimum Gasteiger partial charge on any atom is -1.00 e. The van der Waals surface area contributed by atoms with Crippen molar-refractivity contribution in [2.75, 3.05) is 25.8 Å². The van der Waals surface area contributed by atoms with E-state index in [1.54, 1.807) is 0 Å². The van der Waals surface area contributed by atoms with Gasteiger partial charge >= 0.3 is 0 Å². The summed E-state index contributed by atoms with van der Waals surface area (Å²) in [6.07, 6.45) is 1.17. The molecule has 0 fully saturated rings. The van der Waals surface area contributed by atoms with Crippen LogP contribution in [0.1, 0.15) is 13.8 Å². The van der Waals surface area contributed by atoms with Crippen LogP contribution in [-0.4, -0.2) is 30.7 Å². The highest BCUT2D eigenvalue weighted by Crippen LogP contribution is 2.55. The third kappa shape index (κ3) is 4.88. The van der Waals surface area contributed by atoms with Crippen LogP contribution in [0, 0.1) is 0 Å². The van der Waals surface area contributed by atoms with Gasteiger partial charge in [0.05, 0.1) is 6.16 Å². The van der Waals surface area contributed by atoms with Crippen LogP contribution in [0.3, 0.4) is 0 Å². The first-order valence-corrected chi connectivity index (χ1v) is 11.6. The molecule has 0 N–H and O–H groups in total. The molecule has 0 amide bonds. The van der Waals surface area contributed by atoms with Crippen LogP contribution in [0.15, 0.2) is 91.0 Å². The van der Waals surface area contributed by atoms with E-state index in [2.05, 4.69) is 110 Å². The first-order valence-electron chi connectivity index (χ1n) is 9.58. The number of rotatable bonds is 8. The Morgan fingerprint density at radius 3 is 1.22 bits per heavy atom. The number of benzene rings is 3. The van der Waals surface area contributed by atoms with E-state index in [0.717, 1.165) is 19.6 Å². The van der Waals surface area contributed by atoms with Gasteiger partial charge in [0, 0.05) is 6.54 Å². The quantitative estimate of drug-likeness (QED) is 0.476. The van der Waals surface area contributed by atoms with E-state index in [4.69, 9.17) is 0 Å². The first-order chi connectivity index (χ1) is 12.8. The van der Waals surface area contributed by atoms with Crippen LogP contribution < -0.4 is 32.9 Å². The Hall–Kier alpha value is -1.47. The van der Waals surface area contributed by atoms with E-state index < -0.39 is 7.26 Å². The predicted molar refractivity (Wildman–Crippen MR) is 118 cm³/mol. The van der Waals surface area contributed by atoms with Crippen molar-refractivity contribution in [3.8, 4) is 0 Å². The van der Waals surface area contributed by atoms with Crippen LogP contribution in [0.25, 0.3) is 0 Å². The molecule has 0 aliphatic carbocycles. The number of halogens is 1. The lowest BCUT2D eigenvalue weighted by Gasteiger charge is -2.30. The van der Waals surface area contributed by atoms with E-state index in [1.807, 2.05) is 0 Å². The normalized spacial score (nSPS) is 11.2. The maximum atomic E-state index is 2.55. The third-order valence-electron chi connectivity index (χ3n) is 5.24. The molecule has 0 heterocycles. The van der Waals surface area contributed by atoms with Crippen LogP contribution in [-0.2, 0) is 0 Å². The highest BCUT2D eigenvalue weighted by molar-refractivity contribution is 7.95. The SMILES string of the molecule is CCN(CC)CC[P+](c1ccccc1)(c1ccccc1)c1ccccc1.[Br-].